The molecule has 254 valence electrons. The Morgan fingerprint density at radius 2 is 1.43 bits per heavy atom. The standard InChI is InChI=1S/C17H30O6.C10H14.C8H16O3/c1-7-17(5,6)16(19)21-9-8-20-15-14(23-13(4)18)12(3)11(2)10-22-15;1-3-9(2)10-7-5-4-6-8-10;1-4-8(2,3)7(10)11-6-5-9/h11-12,14-15H,7-10H2,1-6H3;4-9H,3H2,1-2H3;9H,4-6H2,1-3H3. The van der Waals surface area contributed by atoms with Crippen molar-refractivity contribution in [1.29, 1.82) is 0 Å². The van der Waals surface area contributed by atoms with Crippen LogP contribution in [0.5, 0.6) is 0 Å². The molecule has 0 aromatic heterocycles. The van der Waals surface area contributed by atoms with Crippen molar-refractivity contribution in [3.63, 3.8) is 0 Å². The van der Waals surface area contributed by atoms with E-state index in [0.717, 1.165) is 6.42 Å². The lowest BCUT2D eigenvalue weighted by Crippen LogP contribution is -2.48. The molecule has 5 unspecified atom stereocenters. The molecule has 1 N–H and O–H groups in total. The fraction of sp³-hybridized carbons (Fsp3) is 0.743. The van der Waals surface area contributed by atoms with E-state index in [9.17, 15) is 14.4 Å². The van der Waals surface area contributed by atoms with Crippen molar-refractivity contribution in [3.05, 3.63) is 35.9 Å². The smallest absolute Gasteiger partial charge is 0.311 e. The molecule has 1 aliphatic rings. The van der Waals surface area contributed by atoms with Crippen LogP contribution in [-0.2, 0) is 38.1 Å². The van der Waals surface area contributed by atoms with Gasteiger partial charge in [-0.05, 0) is 64.4 Å². The van der Waals surface area contributed by atoms with Gasteiger partial charge in [0.1, 0.15) is 13.2 Å². The van der Waals surface area contributed by atoms with Gasteiger partial charge in [0.05, 0.1) is 30.7 Å². The molecule has 9 nitrogen and oxygen atoms in total. The topological polar surface area (TPSA) is 118 Å². The number of rotatable bonds is 13. The number of aliphatic hydroxyl groups is 1. The van der Waals surface area contributed by atoms with Gasteiger partial charge in [-0.3, -0.25) is 14.4 Å². The van der Waals surface area contributed by atoms with Crippen LogP contribution < -0.4 is 0 Å². The van der Waals surface area contributed by atoms with E-state index in [1.54, 1.807) is 0 Å². The predicted octanol–water partition coefficient (Wildman–Crippen LogP) is 6.70. The van der Waals surface area contributed by atoms with Crippen molar-refractivity contribution in [2.24, 2.45) is 22.7 Å². The second kappa shape index (κ2) is 21.3. The van der Waals surface area contributed by atoms with Crippen molar-refractivity contribution in [2.75, 3.05) is 33.0 Å². The number of hydrogen-bond donors (Lipinski definition) is 1. The summed E-state index contributed by atoms with van der Waals surface area (Å²) in [6, 6.07) is 10.6. The summed E-state index contributed by atoms with van der Waals surface area (Å²) in [6.07, 6.45) is 1.62. The molecule has 1 aliphatic heterocycles. The SMILES string of the molecule is CCC(C)(C)C(=O)OCCO.CCC(C)(C)C(=O)OCCOC1OCC(C)C(C)C1OC(C)=O.CCC(C)c1ccccc1. The number of carbonyl (C=O) groups is 3. The molecule has 1 fully saturated rings. The van der Waals surface area contributed by atoms with Crippen LogP contribution in [0.25, 0.3) is 0 Å². The van der Waals surface area contributed by atoms with Gasteiger partial charge in [0.2, 0.25) is 0 Å². The van der Waals surface area contributed by atoms with Gasteiger partial charge in [0.15, 0.2) is 12.4 Å². The molecule has 1 aromatic carbocycles. The quantitative estimate of drug-likeness (QED) is 0.145. The Hall–Kier alpha value is -2.49. The zero-order valence-corrected chi connectivity index (χ0v) is 29.1. The maximum absolute atomic E-state index is 11.9. The number of esters is 3. The van der Waals surface area contributed by atoms with Crippen LogP contribution in [-0.4, -0.2) is 68.4 Å². The highest BCUT2D eigenvalue weighted by atomic mass is 16.7. The Kier molecular flexibility index (Phi) is 20.1. The fourth-order valence-electron chi connectivity index (χ4n) is 3.70. The van der Waals surface area contributed by atoms with Gasteiger partial charge in [-0.25, -0.2) is 0 Å². The molecule has 9 heteroatoms. The fourth-order valence-corrected chi connectivity index (χ4v) is 3.70. The number of aliphatic hydroxyl groups excluding tert-OH is 1. The molecule has 0 spiro atoms. The highest BCUT2D eigenvalue weighted by molar-refractivity contribution is 5.76. The lowest BCUT2D eigenvalue weighted by atomic mass is 9.88. The number of ether oxygens (including phenoxy) is 5. The molecule has 0 aliphatic carbocycles. The van der Waals surface area contributed by atoms with Crippen LogP contribution in [0.2, 0.25) is 0 Å². The third kappa shape index (κ3) is 15.5. The average Bonchev–Trinajstić information content (AvgIpc) is 3.01. The van der Waals surface area contributed by atoms with E-state index in [-0.39, 0.29) is 56.2 Å². The number of carbonyl (C=O) groups excluding carboxylic acids is 3. The maximum atomic E-state index is 11.9. The molecule has 0 radical (unpaired) electrons. The van der Waals surface area contributed by atoms with Gasteiger partial charge < -0.3 is 28.8 Å². The monoisotopic (exact) mass is 624 g/mol. The number of benzene rings is 1. The first-order chi connectivity index (χ1) is 20.6. The second-order valence-corrected chi connectivity index (χ2v) is 12.7. The van der Waals surface area contributed by atoms with E-state index in [1.807, 2.05) is 55.4 Å². The van der Waals surface area contributed by atoms with Crippen LogP contribution in [0.4, 0.5) is 0 Å². The Morgan fingerprint density at radius 3 is 1.89 bits per heavy atom. The molecule has 0 amide bonds. The summed E-state index contributed by atoms with van der Waals surface area (Å²) in [6.45, 7) is 22.0. The van der Waals surface area contributed by atoms with Crippen LogP contribution in [0.1, 0.15) is 107 Å². The van der Waals surface area contributed by atoms with Crippen LogP contribution in [0, 0.1) is 22.7 Å². The van der Waals surface area contributed by atoms with Gasteiger partial charge in [-0.2, -0.15) is 0 Å². The summed E-state index contributed by atoms with van der Waals surface area (Å²) < 4.78 is 26.6. The largest absolute Gasteiger partial charge is 0.463 e. The predicted molar refractivity (Wildman–Crippen MR) is 172 cm³/mol. The van der Waals surface area contributed by atoms with Crippen molar-refractivity contribution in [3.8, 4) is 0 Å². The van der Waals surface area contributed by atoms with E-state index in [1.165, 1.54) is 18.9 Å². The minimum absolute atomic E-state index is 0.0995. The van der Waals surface area contributed by atoms with Crippen molar-refractivity contribution < 1.29 is 43.2 Å². The van der Waals surface area contributed by atoms with Gasteiger partial charge in [0, 0.05) is 12.8 Å². The van der Waals surface area contributed by atoms with Gasteiger partial charge in [-0.15, -0.1) is 0 Å². The first-order valence-corrected chi connectivity index (χ1v) is 16.0. The Bertz CT molecular complexity index is 945. The summed E-state index contributed by atoms with van der Waals surface area (Å²) in [5.74, 6) is 0.285. The molecular formula is C35H60O9. The molecule has 1 aromatic rings. The minimum atomic E-state index is -0.622. The molecule has 2 rings (SSSR count). The van der Waals surface area contributed by atoms with E-state index in [2.05, 4.69) is 44.2 Å². The molecule has 0 bridgehead atoms. The molecular weight excluding hydrogens is 564 g/mol. The van der Waals surface area contributed by atoms with Gasteiger partial charge in [0.25, 0.3) is 0 Å². The van der Waals surface area contributed by atoms with Crippen molar-refractivity contribution >= 4 is 17.9 Å². The summed E-state index contributed by atoms with van der Waals surface area (Å²) in [7, 11) is 0. The first kappa shape index (κ1) is 41.5. The Morgan fingerprint density at radius 1 is 0.909 bits per heavy atom. The third-order valence-corrected chi connectivity index (χ3v) is 8.29. The Labute approximate surface area is 266 Å². The lowest BCUT2D eigenvalue weighted by molar-refractivity contribution is -0.252. The van der Waals surface area contributed by atoms with E-state index in [0.29, 0.717) is 18.9 Å². The highest BCUT2D eigenvalue weighted by Crippen LogP contribution is 2.29. The molecule has 5 atom stereocenters. The molecule has 0 saturated carbocycles. The molecule has 44 heavy (non-hydrogen) atoms. The summed E-state index contributed by atoms with van der Waals surface area (Å²) in [4.78, 5) is 34.3. The lowest BCUT2D eigenvalue weighted by Gasteiger charge is -2.38. The van der Waals surface area contributed by atoms with Gasteiger partial charge in [-0.1, -0.05) is 71.9 Å². The zero-order chi connectivity index (χ0) is 33.9. The summed E-state index contributed by atoms with van der Waals surface area (Å²) >= 11 is 0. The summed E-state index contributed by atoms with van der Waals surface area (Å²) in [5, 5.41) is 8.38. The zero-order valence-electron chi connectivity index (χ0n) is 29.1. The van der Waals surface area contributed by atoms with E-state index >= 15 is 0 Å². The van der Waals surface area contributed by atoms with Crippen LogP contribution in [0.3, 0.4) is 0 Å². The van der Waals surface area contributed by atoms with Crippen LogP contribution in [0.15, 0.2) is 30.3 Å². The number of hydrogen-bond acceptors (Lipinski definition) is 9. The summed E-state index contributed by atoms with van der Waals surface area (Å²) in [5.41, 5.74) is 0.533. The van der Waals surface area contributed by atoms with Crippen molar-refractivity contribution in [2.45, 2.75) is 114 Å². The second-order valence-electron chi connectivity index (χ2n) is 12.7. The Balaban J connectivity index is 0.000000728. The van der Waals surface area contributed by atoms with E-state index in [4.69, 9.17) is 28.8 Å². The van der Waals surface area contributed by atoms with Gasteiger partial charge >= 0.3 is 17.9 Å². The molecule has 1 saturated heterocycles. The maximum Gasteiger partial charge on any atom is 0.311 e. The average molecular weight is 625 g/mol. The van der Waals surface area contributed by atoms with Crippen LogP contribution >= 0.6 is 0 Å². The third-order valence-electron chi connectivity index (χ3n) is 8.29. The minimum Gasteiger partial charge on any atom is -0.463 e. The molecule has 1 heterocycles. The van der Waals surface area contributed by atoms with E-state index < -0.39 is 23.2 Å². The first-order valence-electron chi connectivity index (χ1n) is 16.0. The highest BCUT2D eigenvalue weighted by Gasteiger charge is 2.39. The normalized spacial score (nSPS) is 20.5. The van der Waals surface area contributed by atoms with Crippen molar-refractivity contribution in [1.82, 2.24) is 0 Å².